The summed E-state index contributed by atoms with van der Waals surface area (Å²) in [5.74, 6) is 0.622. The molecule has 1 aliphatic rings. The van der Waals surface area contributed by atoms with Crippen molar-refractivity contribution in [3.8, 4) is 22.6 Å². The summed E-state index contributed by atoms with van der Waals surface area (Å²) in [6.45, 7) is 2.05. The minimum absolute atomic E-state index is 0.284. The van der Waals surface area contributed by atoms with E-state index in [4.69, 9.17) is 19.3 Å². The van der Waals surface area contributed by atoms with Gasteiger partial charge in [-0.15, -0.1) is 0 Å². The van der Waals surface area contributed by atoms with Crippen molar-refractivity contribution < 1.29 is 27.4 Å². The molecule has 0 fully saturated rings. The number of nitrogens with two attached hydrogens (primary N) is 1. The van der Waals surface area contributed by atoms with Gasteiger partial charge in [0.1, 0.15) is 17.6 Å². The average Bonchev–Trinajstić information content (AvgIpc) is 2.77. The molecule has 1 unspecified atom stereocenters. The van der Waals surface area contributed by atoms with Crippen LogP contribution in [0.4, 0.5) is 0 Å². The first-order chi connectivity index (χ1) is 15.3. The molecule has 0 amide bonds. The van der Waals surface area contributed by atoms with Gasteiger partial charge < -0.3 is 14.2 Å². The number of hydrogen-bond donors (Lipinski definition) is 1. The maximum absolute atomic E-state index is 12.0. The van der Waals surface area contributed by atoms with Gasteiger partial charge in [0.2, 0.25) is 10.0 Å². The van der Waals surface area contributed by atoms with Crippen molar-refractivity contribution in [1.29, 1.82) is 0 Å². The molecule has 3 aromatic carbocycles. The molecule has 1 atom stereocenters. The molecule has 0 aromatic heterocycles. The molecule has 166 valence electrons. The highest BCUT2D eigenvalue weighted by atomic mass is 32.2. The highest BCUT2D eigenvalue weighted by Gasteiger charge is 2.30. The van der Waals surface area contributed by atoms with Crippen LogP contribution >= 0.6 is 0 Å². The van der Waals surface area contributed by atoms with E-state index in [1.165, 1.54) is 0 Å². The highest BCUT2D eigenvalue weighted by Crippen LogP contribution is 2.49. The second kappa shape index (κ2) is 8.64. The third-order valence-corrected chi connectivity index (χ3v) is 5.95. The fourth-order valence-corrected chi connectivity index (χ4v) is 4.51. The lowest BCUT2D eigenvalue weighted by atomic mass is 9.88. The molecule has 2 N–H and O–H groups in total. The van der Waals surface area contributed by atoms with Gasteiger partial charge >= 0.3 is 5.97 Å². The van der Waals surface area contributed by atoms with Crippen molar-refractivity contribution in [2.45, 2.75) is 18.8 Å². The minimum atomic E-state index is -3.70. The Labute approximate surface area is 186 Å². The lowest BCUT2D eigenvalue weighted by Gasteiger charge is -2.30. The predicted octanol–water partition coefficient (Wildman–Crippen LogP) is 3.81. The number of primary sulfonamides is 1. The van der Waals surface area contributed by atoms with Crippen molar-refractivity contribution in [3.05, 3.63) is 82.9 Å². The number of fused-ring (bicyclic) bond motifs is 3. The summed E-state index contributed by atoms with van der Waals surface area (Å²) in [6.07, 6.45) is -0.513. The normalized spacial score (nSPS) is 14.7. The minimum Gasteiger partial charge on any atom is -0.496 e. The van der Waals surface area contributed by atoms with Crippen molar-refractivity contribution in [2.75, 3.05) is 13.7 Å². The highest BCUT2D eigenvalue weighted by molar-refractivity contribution is 7.88. The smallest absolute Gasteiger partial charge is 0.338 e. The van der Waals surface area contributed by atoms with E-state index in [2.05, 4.69) is 0 Å². The third-order valence-electron chi connectivity index (χ3n) is 5.21. The Balaban J connectivity index is 1.82. The zero-order valence-corrected chi connectivity index (χ0v) is 18.5. The molecule has 0 saturated heterocycles. The van der Waals surface area contributed by atoms with Gasteiger partial charge in [0.25, 0.3) is 0 Å². The first-order valence-corrected chi connectivity index (χ1v) is 11.8. The molecule has 7 nitrogen and oxygen atoms in total. The molecular formula is C24H23NO6S. The molecular weight excluding hydrogens is 430 g/mol. The van der Waals surface area contributed by atoms with Gasteiger partial charge in [-0.2, -0.15) is 0 Å². The van der Waals surface area contributed by atoms with Crippen LogP contribution in [0.5, 0.6) is 11.5 Å². The molecule has 0 saturated carbocycles. The number of ether oxygens (including phenoxy) is 3. The predicted molar refractivity (Wildman–Crippen MR) is 120 cm³/mol. The van der Waals surface area contributed by atoms with E-state index in [0.29, 0.717) is 29.2 Å². The van der Waals surface area contributed by atoms with Crippen molar-refractivity contribution in [3.63, 3.8) is 0 Å². The lowest BCUT2D eigenvalue weighted by molar-refractivity contribution is 0.0526. The summed E-state index contributed by atoms with van der Waals surface area (Å²) in [5, 5.41) is 5.26. The van der Waals surface area contributed by atoms with Crippen LogP contribution < -0.4 is 14.6 Å². The summed E-state index contributed by atoms with van der Waals surface area (Å²) in [7, 11) is -2.11. The van der Waals surface area contributed by atoms with E-state index in [0.717, 1.165) is 22.3 Å². The van der Waals surface area contributed by atoms with Gasteiger partial charge in [-0.1, -0.05) is 36.4 Å². The van der Waals surface area contributed by atoms with Crippen LogP contribution in [0.3, 0.4) is 0 Å². The maximum atomic E-state index is 12.0. The lowest BCUT2D eigenvalue weighted by Crippen LogP contribution is -2.18. The van der Waals surface area contributed by atoms with Crippen LogP contribution in [0.2, 0.25) is 0 Å². The van der Waals surface area contributed by atoms with E-state index in [9.17, 15) is 13.2 Å². The van der Waals surface area contributed by atoms with Gasteiger partial charge in [0.15, 0.2) is 0 Å². The standard InChI is InChI=1S/C24H23NO6S/c1-3-30-24(26)17-10-8-16(9-11-17)23-19-13-15(14-32(25,27)28)7-12-18(19)22-20(29-2)5-4-6-21(22)31-23/h4-13,23H,3,14H2,1-2H3,(H2,25,27,28). The first-order valence-electron chi connectivity index (χ1n) is 10.0. The zero-order chi connectivity index (χ0) is 22.9. The first kappa shape index (κ1) is 21.9. The average molecular weight is 454 g/mol. The number of sulfonamides is 1. The molecule has 3 aromatic rings. The SMILES string of the molecule is CCOC(=O)c1ccc(C2Oc3cccc(OC)c3-c3ccc(CS(N)(=O)=O)cc32)cc1. The number of carbonyl (C=O) groups excluding carboxylic acids is 1. The largest absolute Gasteiger partial charge is 0.496 e. The van der Waals surface area contributed by atoms with Gasteiger partial charge in [0, 0.05) is 5.56 Å². The molecule has 0 radical (unpaired) electrons. The third kappa shape index (κ3) is 4.32. The number of benzene rings is 3. The van der Waals surface area contributed by atoms with Crippen molar-refractivity contribution in [2.24, 2.45) is 5.14 Å². The van der Waals surface area contributed by atoms with Gasteiger partial charge in [-0.3, -0.25) is 0 Å². The van der Waals surface area contributed by atoms with Crippen LogP contribution in [0, 0.1) is 0 Å². The van der Waals surface area contributed by atoms with E-state index in [1.807, 2.05) is 24.3 Å². The fourth-order valence-electron chi connectivity index (χ4n) is 3.87. The molecule has 32 heavy (non-hydrogen) atoms. The number of rotatable bonds is 6. The van der Waals surface area contributed by atoms with Crippen LogP contribution in [0.25, 0.3) is 11.1 Å². The summed E-state index contributed by atoms with van der Waals surface area (Å²) < 4.78 is 40.2. The van der Waals surface area contributed by atoms with Crippen LogP contribution in [-0.2, 0) is 20.5 Å². The van der Waals surface area contributed by atoms with Gasteiger partial charge in [0.05, 0.1) is 30.6 Å². The van der Waals surface area contributed by atoms with Gasteiger partial charge in [-0.05, 0) is 47.9 Å². The van der Waals surface area contributed by atoms with E-state index in [1.54, 1.807) is 50.4 Å². The monoisotopic (exact) mass is 453 g/mol. The fraction of sp³-hybridized carbons (Fsp3) is 0.208. The molecule has 0 aliphatic carbocycles. The second-order valence-electron chi connectivity index (χ2n) is 7.40. The summed E-state index contributed by atoms with van der Waals surface area (Å²) >= 11 is 0. The molecule has 4 rings (SSSR count). The Hall–Kier alpha value is -3.36. The maximum Gasteiger partial charge on any atom is 0.338 e. The Morgan fingerprint density at radius 3 is 2.50 bits per heavy atom. The second-order valence-corrected chi connectivity index (χ2v) is 9.02. The van der Waals surface area contributed by atoms with Gasteiger partial charge in [-0.25, -0.2) is 18.4 Å². The Bertz CT molecular complexity index is 1270. The van der Waals surface area contributed by atoms with E-state index >= 15 is 0 Å². The number of carbonyl (C=O) groups is 1. The summed E-state index contributed by atoms with van der Waals surface area (Å²) in [6, 6.07) is 17.9. The summed E-state index contributed by atoms with van der Waals surface area (Å²) in [5.41, 5.74) is 4.26. The Morgan fingerprint density at radius 1 is 1.09 bits per heavy atom. The van der Waals surface area contributed by atoms with E-state index in [-0.39, 0.29) is 5.75 Å². The topological polar surface area (TPSA) is 105 Å². The number of esters is 1. The van der Waals surface area contributed by atoms with Crippen molar-refractivity contribution in [1.82, 2.24) is 0 Å². The van der Waals surface area contributed by atoms with Crippen LogP contribution in [0.1, 0.15) is 40.1 Å². The van der Waals surface area contributed by atoms with Crippen LogP contribution in [-0.4, -0.2) is 28.1 Å². The molecule has 8 heteroatoms. The summed E-state index contributed by atoms with van der Waals surface area (Å²) in [4.78, 5) is 12.0. The van der Waals surface area contributed by atoms with E-state index < -0.39 is 22.1 Å². The zero-order valence-electron chi connectivity index (χ0n) is 17.7. The van der Waals surface area contributed by atoms with Crippen LogP contribution in [0.15, 0.2) is 60.7 Å². The molecule has 1 aliphatic heterocycles. The molecule has 1 heterocycles. The Kier molecular flexibility index (Phi) is 5.90. The number of hydrogen-bond acceptors (Lipinski definition) is 6. The molecule has 0 bridgehead atoms. The quantitative estimate of drug-likeness (QED) is 0.569. The number of methoxy groups -OCH3 is 1. The Morgan fingerprint density at radius 2 is 1.84 bits per heavy atom. The van der Waals surface area contributed by atoms with Crippen molar-refractivity contribution >= 4 is 16.0 Å². The molecule has 0 spiro atoms.